The Morgan fingerprint density at radius 3 is 2.70 bits per heavy atom. The van der Waals surface area contributed by atoms with Crippen LogP contribution in [0.5, 0.6) is 5.75 Å². The van der Waals surface area contributed by atoms with Crippen molar-refractivity contribution < 1.29 is 14.4 Å². The average molecular weight is 276 g/mol. The fourth-order valence-corrected chi connectivity index (χ4v) is 1.76. The number of aromatic nitrogens is 2. The summed E-state index contributed by atoms with van der Waals surface area (Å²) < 4.78 is 10.7. The summed E-state index contributed by atoms with van der Waals surface area (Å²) in [7, 11) is 0. The topological polar surface area (TPSA) is 68.4 Å². The number of hydrogen-bond acceptors (Lipinski definition) is 5. The van der Waals surface area contributed by atoms with Crippen LogP contribution in [0.4, 0.5) is 0 Å². The fraction of sp³-hybridized carbons (Fsp3) is 0.467. The van der Waals surface area contributed by atoms with E-state index in [1.807, 2.05) is 24.3 Å². The highest BCUT2D eigenvalue weighted by molar-refractivity contribution is 5.55. The van der Waals surface area contributed by atoms with Crippen LogP contribution >= 0.6 is 0 Å². The number of ether oxygens (including phenoxy) is 1. The van der Waals surface area contributed by atoms with Gasteiger partial charge in [0.25, 0.3) is 0 Å². The third-order valence-electron chi connectivity index (χ3n) is 2.90. The first-order valence-electron chi connectivity index (χ1n) is 7.00. The molecule has 0 saturated carbocycles. The molecule has 5 heteroatoms. The molecule has 1 aromatic carbocycles. The van der Waals surface area contributed by atoms with Crippen LogP contribution in [0.2, 0.25) is 0 Å². The van der Waals surface area contributed by atoms with Gasteiger partial charge in [-0.25, -0.2) is 0 Å². The second kappa shape index (κ2) is 7.65. The van der Waals surface area contributed by atoms with Gasteiger partial charge in [0.05, 0.1) is 6.61 Å². The van der Waals surface area contributed by atoms with Crippen LogP contribution in [0.1, 0.15) is 32.1 Å². The lowest BCUT2D eigenvalue weighted by Crippen LogP contribution is -1.99. The van der Waals surface area contributed by atoms with Crippen molar-refractivity contribution in [2.45, 2.75) is 32.6 Å². The molecular formula is C15H20N2O3. The van der Waals surface area contributed by atoms with Gasteiger partial charge in [0.15, 0.2) is 0 Å². The molecule has 0 radical (unpaired) electrons. The van der Waals surface area contributed by atoms with Crippen molar-refractivity contribution in [1.82, 2.24) is 10.1 Å². The smallest absolute Gasteiger partial charge is 0.226 e. The minimum atomic E-state index is 0.140. The monoisotopic (exact) mass is 276 g/mol. The molecule has 1 aromatic heterocycles. The molecule has 108 valence electrons. The molecule has 1 heterocycles. The van der Waals surface area contributed by atoms with Crippen LogP contribution in [0.25, 0.3) is 11.4 Å². The van der Waals surface area contributed by atoms with E-state index in [2.05, 4.69) is 17.1 Å². The van der Waals surface area contributed by atoms with Crippen molar-refractivity contribution in [3.63, 3.8) is 0 Å². The predicted molar refractivity (Wildman–Crippen MR) is 75.5 cm³/mol. The Bertz CT molecular complexity index is 508. The standard InChI is InChI=1S/C15H20N2O3/c1-2-3-5-14-16-15(17-20-14)12-6-8-13(9-7-12)19-11-4-10-18/h6-9,18H,2-5,10-11H2,1H3. The summed E-state index contributed by atoms with van der Waals surface area (Å²) in [5.41, 5.74) is 0.908. The highest BCUT2D eigenvalue weighted by Crippen LogP contribution is 2.20. The summed E-state index contributed by atoms with van der Waals surface area (Å²) in [4.78, 5) is 4.37. The Balaban J connectivity index is 1.96. The Morgan fingerprint density at radius 1 is 1.20 bits per heavy atom. The molecular weight excluding hydrogens is 256 g/mol. The lowest BCUT2D eigenvalue weighted by molar-refractivity contribution is 0.233. The maximum absolute atomic E-state index is 8.69. The number of rotatable bonds is 8. The van der Waals surface area contributed by atoms with E-state index < -0.39 is 0 Å². The summed E-state index contributed by atoms with van der Waals surface area (Å²) in [6.45, 7) is 2.79. The Labute approximate surface area is 118 Å². The van der Waals surface area contributed by atoms with E-state index in [1.54, 1.807) is 0 Å². The summed E-state index contributed by atoms with van der Waals surface area (Å²) in [5.74, 6) is 2.07. The zero-order chi connectivity index (χ0) is 14.2. The van der Waals surface area contributed by atoms with Crippen molar-refractivity contribution in [3.8, 4) is 17.1 Å². The molecule has 0 amide bonds. The maximum atomic E-state index is 8.69. The number of unbranched alkanes of at least 4 members (excludes halogenated alkanes) is 1. The average Bonchev–Trinajstić information content (AvgIpc) is 2.95. The molecule has 0 aliphatic rings. The molecule has 2 rings (SSSR count). The van der Waals surface area contributed by atoms with E-state index in [4.69, 9.17) is 14.4 Å². The first kappa shape index (κ1) is 14.5. The number of nitrogens with zero attached hydrogens (tertiary/aromatic N) is 2. The van der Waals surface area contributed by atoms with Crippen LogP contribution in [0, 0.1) is 0 Å². The van der Waals surface area contributed by atoms with Gasteiger partial charge in [-0.3, -0.25) is 0 Å². The molecule has 2 aromatic rings. The molecule has 1 N–H and O–H groups in total. The van der Waals surface area contributed by atoms with E-state index in [0.717, 1.165) is 30.6 Å². The normalized spacial score (nSPS) is 10.7. The van der Waals surface area contributed by atoms with Gasteiger partial charge in [-0.1, -0.05) is 18.5 Å². The predicted octanol–water partition coefficient (Wildman–Crippen LogP) is 2.84. The molecule has 0 fully saturated rings. The van der Waals surface area contributed by atoms with Crippen LogP contribution in [-0.2, 0) is 6.42 Å². The van der Waals surface area contributed by atoms with Crippen LogP contribution in [-0.4, -0.2) is 28.5 Å². The Morgan fingerprint density at radius 2 is 2.00 bits per heavy atom. The molecule has 0 saturated heterocycles. The molecule has 5 nitrogen and oxygen atoms in total. The first-order valence-corrected chi connectivity index (χ1v) is 7.00. The molecule has 0 unspecified atom stereocenters. The number of aryl methyl sites for hydroxylation is 1. The molecule has 0 aliphatic heterocycles. The van der Waals surface area contributed by atoms with Gasteiger partial charge in [-0.2, -0.15) is 4.98 Å². The van der Waals surface area contributed by atoms with Crippen molar-refractivity contribution in [1.29, 1.82) is 0 Å². The summed E-state index contributed by atoms with van der Waals surface area (Å²) >= 11 is 0. The van der Waals surface area contributed by atoms with Gasteiger partial charge in [-0.05, 0) is 30.7 Å². The molecule has 0 atom stereocenters. The van der Waals surface area contributed by atoms with Gasteiger partial charge < -0.3 is 14.4 Å². The lowest BCUT2D eigenvalue weighted by atomic mass is 10.2. The van der Waals surface area contributed by atoms with E-state index in [-0.39, 0.29) is 6.61 Å². The number of aliphatic hydroxyl groups is 1. The molecule has 0 spiro atoms. The maximum Gasteiger partial charge on any atom is 0.226 e. The van der Waals surface area contributed by atoms with Gasteiger partial charge in [0.1, 0.15) is 5.75 Å². The van der Waals surface area contributed by atoms with Crippen molar-refractivity contribution in [2.75, 3.05) is 13.2 Å². The fourth-order valence-electron chi connectivity index (χ4n) is 1.76. The van der Waals surface area contributed by atoms with Crippen molar-refractivity contribution >= 4 is 0 Å². The van der Waals surface area contributed by atoms with E-state index in [1.165, 1.54) is 0 Å². The van der Waals surface area contributed by atoms with Crippen molar-refractivity contribution in [3.05, 3.63) is 30.2 Å². The van der Waals surface area contributed by atoms with Crippen molar-refractivity contribution in [2.24, 2.45) is 0 Å². The van der Waals surface area contributed by atoms with E-state index >= 15 is 0 Å². The third kappa shape index (κ3) is 4.06. The van der Waals surface area contributed by atoms with Crippen LogP contribution in [0.15, 0.2) is 28.8 Å². The summed E-state index contributed by atoms with van der Waals surface area (Å²) in [6, 6.07) is 7.55. The quantitative estimate of drug-likeness (QED) is 0.751. The number of aliphatic hydroxyl groups excluding tert-OH is 1. The largest absolute Gasteiger partial charge is 0.494 e. The lowest BCUT2D eigenvalue weighted by Gasteiger charge is -2.04. The zero-order valence-corrected chi connectivity index (χ0v) is 11.7. The second-order valence-electron chi connectivity index (χ2n) is 4.57. The van der Waals surface area contributed by atoms with E-state index in [0.29, 0.717) is 24.7 Å². The van der Waals surface area contributed by atoms with Gasteiger partial charge in [0.2, 0.25) is 11.7 Å². The molecule has 0 aliphatic carbocycles. The van der Waals surface area contributed by atoms with Crippen LogP contribution in [0.3, 0.4) is 0 Å². The Kier molecular flexibility index (Phi) is 5.55. The second-order valence-corrected chi connectivity index (χ2v) is 4.57. The number of benzene rings is 1. The van der Waals surface area contributed by atoms with E-state index in [9.17, 15) is 0 Å². The summed E-state index contributed by atoms with van der Waals surface area (Å²) in [5, 5.41) is 12.7. The third-order valence-corrected chi connectivity index (χ3v) is 2.90. The van der Waals surface area contributed by atoms with Gasteiger partial charge in [0, 0.05) is 25.0 Å². The SMILES string of the molecule is CCCCc1nc(-c2ccc(OCCCO)cc2)no1. The Hall–Kier alpha value is -1.88. The van der Waals surface area contributed by atoms with Crippen LogP contribution < -0.4 is 4.74 Å². The summed E-state index contributed by atoms with van der Waals surface area (Å²) in [6.07, 6.45) is 3.62. The molecule has 20 heavy (non-hydrogen) atoms. The minimum Gasteiger partial charge on any atom is -0.494 e. The van der Waals surface area contributed by atoms with Gasteiger partial charge in [-0.15, -0.1) is 0 Å². The molecule has 0 bridgehead atoms. The van der Waals surface area contributed by atoms with Gasteiger partial charge >= 0.3 is 0 Å². The highest BCUT2D eigenvalue weighted by atomic mass is 16.5. The first-order chi connectivity index (χ1) is 9.83. The highest BCUT2D eigenvalue weighted by Gasteiger charge is 2.08. The zero-order valence-electron chi connectivity index (χ0n) is 11.7. The number of hydrogen-bond donors (Lipinski definition) is 1. The minimum absolute atomic E-state index is 0.140.